The van der Waals surface area contributed by atoms with Gasteiger partial charge in [0.05, 0.1) is 12.2 Å². The Kier molecular flexibility index (Phi) is 5.31. The van der Waals surface area contributed by atoms with Gasteiger partial charge in [-0.15, -0.1) is 0 Å². The highest BCUT2D eigenvalue weighted by molar-refractivity contribution is 7.89. The standard InChI is InChI=1S/C12H19N3O3S/c1-3-6-14-12(16)8-15-19(17,18)11-5-4-9(2)7-10(11)13/h4-5,7,15H,3,6,8,13H2,1-2H3,(H,14,16). The minimum atomic E-state index is -3.76. The molecule has 0 unspecified atom stereocenters. The molecule has 106 valence electrons. The molecule has 0 aliphatic rings. The van der Waals surface area contributed by atoms with Crippen LogP contribution in [0.4, 0.5) is 5.69 Å². The minimum absolute atomic E-state index is 0.0126. The number of nitrogen functional groups attached to an aromatic ring is 1. The highest BCUT2D eigenvalue weighted by Gasteiger charge is 2.18. The quantitative estimate of drug-likeness (QED) is 0.658. The predicted octanol–water partition coefficient (Wildman–Crippen LogP) is 0.382. The fourth-order valence-electron chi connectivity index (χ4n) is 1.48. The van der Waals surface area contributed by atoms with Gasteiger partial charge in [-0.25, -0.2) is 13.1 Å². The molecule has 0 saturated carbocycles. The number of aryl methyl sites for hydroxylation is 1. The van der Waals surface area contributed by atoms with Crippen LogP contribution < -0.4 is 15.8 Å². The Hall–Kier alpha value is -1.60. The van der Waals surface area contributed by atoms with Crippen molar-refractivity contribution >= 4 is 21.6 Å². The van der Waals surface area contributed by atoms with Gasteiger partial charge in [0.2, 0.25) is 15.9 Å². The molecule has 1 rings (SSSR count). The maximum atomic E-state index is 12.0. The van der Waals surface area contributed by atoms with Crippen molar-refractivity contribution in [2.75, 3.05) is 18.8 Å². The van der Waals surface area contributed by atoms with Crippen LogP contribution in [0, 0.1) is 6.92 Å². The number of amides is 1. The Labute approximate surface area is 113 Å². The van der Waals surface area contributed by atoms with Crippen molar-refractivity contribution in [1.29, 1.82) is 0 Å². The first-order valence-electron chi connectivity index (χ1n) is 5.99. The van der Waals surface area contributed by atoms with E-state index < -0.39 is 10.0 Å². The van der Waals surface area contributed by atoms with Gasteiger partial charge >= 0.3 is 0 Å². The molecule has 0 aliphatic heterocycles. The summed E-state index contributed by atoms with van der Waals surface area (Å²) in [7, 11) is -3.76. The topological polar surface area (TPSA) is 101 Å². The lowest BCUT2D eigenvalue weighted by molar-refractivity contribution is -0.119. The molecule has 0 atom stereocenters. The predicted molar refractivity (Wildman–Crippen MR) is 74.1 cm³/mol. The Bertz CT molecular complexity index is 555. The first-order chi connectivity index (χ1) is 8.86. The first-order valence-corrected chi connectivity index (χ1v) is 7.47. The third-order valence-corrected chi connectivity index (χ3v) is 3.92. The fraction of sp³-hybridized carbons (Fsp3) is 0.417. The van der Waals surface area contributed by atoms with Crippen LogP contribution in [0.3, 0.4) is 0 Å². The van der Waals surface area contributed by atoms with E-state index in [1.54, 1.807) is 12.1 Å². The number of hydrogen-bond acceptors (Lipinski definition) is 4. The summed E-state index contributed by atoms with van der Waals surface area (Å²) in [5.41, 5.74) is 6.71. The Morgan fingerprint density at radius 1 is 1.37 bits per heavy atom. The Balaban J connectivity index is 2.73. The van der Waals surface area contributed by atoms with Crippen molar-refractivity contribution in [2.45, 2.75) is 25.2 Å². The van der Waals surface area contributed by atoms with E-state index in [2.05, 4.69) is 10.0 Å². The van der Waals surface area contributed by atoms with E-state index in [0.717, 1.165) is 12.0 Å². The van der Waals surface area contributed by atoms with E-state index in [1.165, 1.54) is 6.07 Å². The van der Waals surface area contributed by atoms with Crippen molar-refractivity contribution in [3.63, 3.8) is 0 Å². The molecule has 0 radical (unpaired) electrons. The van der Waals surface area contributed by atoms with Crippen molar-refractivity contribution in [1.82, 2.24) is 10.0 Å². The molecule has 4 N–H and O–H groups in total. The van der Waals surface area contributed by atoms with Gasteiger partial charge < -0.3 is 11.1 Å². The molecule has 7 heteroatoms. The van der Waals surface area contributed by atoms with E-state index in [9.17, 15) is 13.2 Å². The minimum Gasteiger partial charge on any atom is -0.398 e. The third-order valence-electron chi connectivity index (χ3n) is 2.45. The van der Waals surface area contributed by atoms with Crippen LogP contribution in [0.25, 0.3) is 0 Å². The summed E-state index contributed by atoms with van der Waals surface area (Å²) < 4.78 is 26.2. The van der Waals surface area contributed by atoms with Gasteiger partial charge in [0, 0.05) is 6.54 Å². The van der Waals surface area contributed by atoms with E-state index >= 15 is 0 Å². The zero-order chi connectivity index (χ0) is 14.5. The van der Waals surface area contributed by atoms with Gasteiger partial charge in [-0.1, -0.05) is 13.0 Å². The van der Waals surface area contributed by atoms with Crippen LogP contribution in [0.2, 0.25) is 0 Å². The Morgan fingerprint density at radius 3 is 2.63 bits per heavy atom. The molecule has 0 aliphatic carbocycles. The Morgan fingerprint density at radius 2 is 2.05 bits per heavy atom. The molecular formula is C12H19N3O3S. The number of benzene rings is 1. The number of rotatable bonds is 6. The molecule has 0 spiro atoms. The number of carbonyl (C=O) groups is 1. The van der Waals surface area contributed by atoms with Crippen LogP contribution in [0.1, 0.15) is 18.9 Å². The molecule has 1 aromatic rings. The highest BCUT2D eigenvalue weighted by Crippen LogP contribution is 2.18. The van der Waals surface area contributed by atoms with Crippen molar-refractivity contribution in [3.8, 4) is 0 Å². The zero-order valence-electron chi connectivity index (χ0n) is 11.1. The normalized spacial score (nSPS) is 11.3. The maximum absolute atomic E-state index is 12.0. The summed E-state index contributed by atoms with van der Waals surface area (Å²) in [4.78, 5) is 11.3. The third kappa shape index (κ3) is 4.53. The van der Waals surface area contributed by atoms with Gasteiger partial charge in [-0.2, -0.15) is 0 Å². The summed E-state index contributed by atoms with van der Waals surface area (Å²) in [6, 6.07) is 4.66. The van der Waals surface area contributed by atoms with Gasteiger partial charge in [0.1, 0.15) is 4.90 Å². The summed E-state index contributed by atoms with van der Waals surface area (Å²) >= 11 is 0. The smallest absolute Gasteiger partial charge is 0.243 e. The van der Waals surface area contributed by atoms with Crippen LogP contribution in [0.15, 0.2) is 23.1 Å². The number of anilines is 1. The van der Waals surface area contributed by atoms with Crippen molar-refractivity contribution in [3.05, 3.63) is 23.8 Å². The summed E-state index contributed by atoms with van der Waals surface area (Å²) in [5, 5.41) is 2.58. The van der Waals surface area contributed by atoms with Crippen LogP contribution in [-0.2, 0) is 14.8 Å². The fourth-order valence-corrected chi connectivity index (χ4v) is 2.57. The van der Waals surface area contributed by atoms with Crippen LogP contribution in [-0.4, -0.2) is 27.4 Å². The molecule has 0 aromatic heterocycles. The molecule has 0 fully saturated rings. The number of nitrogens with one attached hydrogen (secondary N) is 2. The van der Waals surface area contributed by atoms with Gasteiger partial charge in [0.15, 0.2) is 0 Å². The molecule has 1 amide bonds. The van der Waals surface area contributed by atoms with Crippen molar-refractivity contribution < 1.29 is 13.2 Å². The zero-order valence-corrected chi connectivity index (χ0v) is 11.9. The molecule has 0 bridgehead atoms. The van der Waals surface area contributed by atoms with E-state index in [1.807, 2.05) is 13.8 Å². The second-order valence-electron chi connectivity index (χ2n) is 4.22. The molecule has 19 heavy (non-hydrogen) atoms. The average molecular weight is 285 g/mol. The first kappa shape index (κ1) is 15.5. The molecule has 1 aromatic carbocycles. The lowest BCUT2D eigenvalue weighted by Crippen LogP contribution is -2.37. The molecule has 0 heterocycles. The van der Waals surface area contributed by atoms with E-state index in [4.69, 9.17) is 5.73 Å². The van der Waals surface area contributed by atoms with E-state index in [0.29, 0.717) is 6.54 Å². The number of hydrogen-bond donors (Lipinski definition) is 3. The lowest BCUT2D eigenvalue weighted by atomic mass is 10.2. The van der Waals surface area contributed by atoms with Crippen LogP contribution in [0.5, 0.6) is 0 Å². The van der Waals surface area contributed by atoms with Crippen molar-refractivity contribution in [2.24, 2.45) is 0 Å². The number of carbonyl (C=O) groups excluding carboxylic acids is 1. The monoisotopic (exact) mass is 285 g/mol. The summed E-state index contributed by atoms with van der Waals surface area (Å²) in [5.74, 6) is -0.365. The number of nitrogens with two attached hydrogens (primary N) is 1. The maximum Gasteiger partial charge on any atom is 0.243 e. The van der Waals surface area contributed by atoms with Crippen LogP contribution >= 0.6 is 0 Å². The SMILES string of the molecule is CCCNC(=O)CNS(=O)(=O)c1ccc(C)cc1N. The largest absolute Gasteiger partial charge is 0.398 e. The molecule has 6 nitrogen and oxygen atoms in total. The molecular weight excluding hydrogens is 266 g/mol. The molecule has 0 saturated heterocycles. The second kappa shape index (κ2) is 6.53. The van der Waals surface area contributed by atoms with Gasteiger partial charge in [-0.05, 0) is 31.0 Å². The van der Waals surface area contributed by atoms with Gasteiger partial charge in [0.25, 0.3) is 0 Å². The number of sulfonamides is 1. The average Bonchev–Trinajstić information content (AvgIpc) is 2.33. The second-order valence-corrected chi connectivity index (χ2v) is 5.95. The van der Waals surface area contributed by atoms with E-state index in [-0.39, 0.29) is 23.0 Å². The van der Waals surface area contributed by atoms with Gasteiger partial charge in [-0.3, -0.25) is 4.79 Å². The lowest BCUT2D eigenvalue weighted by Gasteiger charge is -2.09. The summed E-state index contributed by atoms with van der Waals surface area (Å²) in [6.07, 6.45) is 0.795. The summed E-state index contributed by atoms with van der Waals surface area (Å²) in [6.45, 7) is 3.96. The highest BCUT2D eigenvalue weighted by atomic mass is 32.2.